The number of phenolic OH excluding ortho intramolecular Hbond substituents is 1. The van der Waals surface area contributed by atoms with E-state index in [1.165, 1.54) is 19.3 Å². The molecule has 0 spiro atoms. The van der Waals surface area contributed by atoms with E-state index in [9.17, 15) is 5.11 Å². The average Bonchev–Trinajstić information content (AvgIpc) is 2.65. The van der Waals surface area contributed by atoms with Crippen LogP contribution in [0.4, 0.5) is 5.69 Å². The number of nitrogens with one attached hydrogen (secondary N) is 1. The first kappa shape index (κ1) is 19.0. The molecule has 2 unspecified atom stereocenters. The highest BCUT2D eigenvalue weighted by Gasteiger charge is 2.25. The lowest BCUT2D eigenvalue weighted by Crippen LogP contribution is -2.51. The van der Waals surface area contributed by atoms with Crippen LogP contribution >= 0.6 is 0 Å². The molecule has 2 fully saturated rings. The lowest BCUT2D eigenvalue weighted by molar-refractivity contribution is 0.146. The Morgan fingerprint density at radius 3 is 2.58 bits per heavy atom. The molecular weight excluding hydrogens is 328 g/mol. The van der Waals surface area contributed by atoms with Gasteiger partial charge in [0, 0.05) is 32.7 Å². The van der Waals surface area contributed by atoms with Gasteiger partial charge < -0.3 is 20.4 Å². The Kier molecular flexibility index (Phi) is 6.74. The fraction of sp³-hybridized carbons (Fsp3) is 0.650. The van der Waals surface area contributed by atoms with E-state index >= 15 is 0 Å². The summed E-state index contributed by atoms with van der Waals surface area (Å²) in [5.74, 6) is 1.71. The smallest absolute Gasteiger partial charge is 0.198 e. The standard InChI is InChI=1S/C20H32N4O2/c1-16-6-2-3-7-17(16)21-20(22-18-8-4-5-9-19(18)26)24-12-10-23(11-13-24)14-15-25/h4-5,8-9,16-17,25-26H,2-3,6-7,10-15H2,1H3,(H,21,22). The van der Waals surface area contributed by atoms with Gasteiger partial charge in [0.1, 0.15) is 5.75 Å². The molecule has 0 amide bonds. The second kappa shape index (κ2) is 9.24. The molecule has 3 rings (SSSR count). The summed E-state index contributed by atoms with van der Waals surface area (Å²) in [5.41, 5.74) is 0.701. The van der Waals surface area contributed by atoms with Gasteiger partial charge in [-0.25, -0.2) is 4.99 Å². The SMILES string of the molecule is CC1CCCCC1N=C(Nc1ccccc1O)N1CCN(CCO)CC1. The number of para-hydroxylation sites is 2. The number of β-amino-alcohol motifs (C(OH)–C–C–N with tert-alkyl or cyclic N) is 1. The maximum Gasteiger partial charge on any atom is 0.198 e. The Labute approximate surface area is 156 Å². The van der Waals surface area contributed by atoms with E-state index in [0.29, 0.717) is 17.6 Å². The van der Waals surface area contributed by atoms with E-state index in [1.54, 1.807) is 6.07 Å². The molecule has 0 aromatic heterocycles. The molecule has 1 aliphatic carbocycles. The predicted octanol–water partition coefficient (Wildman–Crippen LogP) is 2.35. The Hall–Kier alpha value is -1.79. The fourth-order valence-corrected chi connectivity index (χ4v) is 3.86. The average molecular weight is 361 g/mol. The minimum absolute atomic E-state index is 0.205. The van der Waals surface area contributed by atoms with Gasteiger partial charge in [0.25, 0.3) is 0 Å². The van der Waals surface area contributed by atoms with Crippen molar-refractivity contribution < 1.29 is 10.2 Å². The van der Waals surface area contributed by atoms with Crippen molar-refractivity contribution >= 4 is 11.6 Å². The zero-order chi connectivity index (χ0) is 18.4. The van der Waals surface area contributed by atoms with E-state index < -0.39 is 0 Å². The van der Waals surface area contributed by atoms with Gasteiger partial charge in [0.2, 0.25) is 0 Å². The molecule has 6 nitrogen and oxygen atoms in total. The van der Waals surface area contributed by atoms with Crippen molar-refractivity contribution in [1.29, 1.82) is 0 Å². The molecule has 0 radical (unpaired) electrons. The van der Waals surface area contributed by atoms with Gasteiger partial charge in [0.05, 0.1) is 18.3 Å². The largest absolute Gasteiger partial charge is 0.506 e. The molecule has 3 N–H and O–H groups in total. The maximum absolute atomic E-state index is 10.2. The topological polar surface area (TPSA) is 71.3 Å². The van der Waals surface area contributed by atoms with E-state index in [4.69, 9.17) is 10.1 Å². The zero-order valence-corrected chi connectivity index (χ0v) is 15.8. The first-order chi connectivity index (χ1) is 12.7. The Morgan fingerprint density at radius 2 is 1.88 bits per heavy atom. The second-order valence-electron chi connectivity index (χ2n) is 7.48. The maximum atomic E-state index is 10.2. The van der Waals surface area contributed by atoms with Crippen LogP contribution in [-0.4, -0.2) is 71.3 Å². The summed E-state index contributed by atoms with van der Waals surface area (Å²) in [7, 11) is 0. The third-order valence-electron chi connectivity index (χ3n) is 5.59. The van der Waals surface area contributed by atoms with Crippen molar-refractivity contribution in [2.75, 3.05) is 44.6 Å². The van der Waals surface area contributed by atoms with Gasteiger partial charge in [0.15, 0.2) is 5.96 Å². The highest BCUT2D eigenvalue weighted by atomic mass is 16.3. The molecule has 1 aromatic rings. The molecule has 1 heterocycles. The highest BCUT2D eigenvalue weighted by Crippen LogP contribution is 2.28. The van der Waals surface area contributed by atoms with Crippen molar-refractivity contribution in [1.82, 2.24) is 9.80 Å². The van der Waals surface area contributed by atoms with Gasteiger partial charge in [-0.15, -0.1) is 0 Å². The summed E-state index contributed by atoms with van der Waals surface area (Å²) in [6, 6.07) is 7.67. The van der Waals surface area contributed by atoms with Crippen molar-refractivity contribution in [2.45, 2.75) is 38.6 Å². The summed E-state index contributed by atoms with van der Waals surface area (Å²) in [4.78, 5) is 9.65. The molecular formula is C20H32N4O2. The van der Waals surface area contributed by atoms with Gasteiger partial charge in [-0.05, 0) is 30.9 Å². The predicted molar refractivity (Wildman–Crippen MR) is 106 cm³/mol. The van der Waals surface area contributed by atoms with Crippen LogP contribution in [0.2, 0.25) is 0 Å². The molecule has 2 aliphatic rings. The number of hydrogen-bond donors (Lipinski definition) is 3. The van der Waals surface area contributed by atoms with Crippen LogP contribution in [-0.2, 0) is 0 Å². The number of aliphatic hydroxyl groups is 1. The number of aromatic hydroxyl groups is 1. The monoisotopic (exact) mass is 360 g/mol. The van der Waals surface area contributed by atoms with E-state index in [1.807, 2.05) is 18.2 Å². The first-order valence-corrected chi connectivity index (χ1v) is 9.88. The van der Waals surface area contributed by atoms with Crippen LogP contribution in [0.25, 0.3) is 0 Å². The third-order valence-corrected chi connectivity index (χ3v) is 5.59. The molecule has 1 saturated heterocycles. The summed E-state index contributed by atoms with van der Waals surface area (Å²) in [5, 5.41) is 22.7. The molecule has 1 saturated carbocycles. The van der Waals surface area contributed by atoms with Gasteiger partial charge in [-0.1, -0.05) is 31.9 Å². The number of hydrogen-bond acceptors (Lipinski definition) is 4. The molecule has 144 valence electrons. The van der Waals surface area contributed by atoms with Gasteiger partial charge in [-0.2, -0.15) is 0 Å². The normalized spacial score (nSPS) is 25.3. The van der Waals surface area contributed by atoms with Crippen LogP contribution in [0.3, 0.4) is 0 Å². The van der Waals surface area contributed by atoms with Crippen LogP contribution in [0, 0.1) is 5.92 Å². The van der Waals surface area contributed by atoms with Crippen LogP contribution in [0.1, 0.15) is 32.6 Å². The summed E-state index contributed by atoms with van der Waals surface area (Å²) >= 11 is 0. The van der Waals surface area contributed by atoms with Crippen LogP contribution in [0.5, 0.6) is 5.75 Å². The van der Waals surface area contributed by atoms with Crippen molar-refractivity contribution in [3.63, 3.8) is 0 Å². The number of aliphatic hydroxyl groups excluding tert-OH is 1. The number of aliphatic imine (C=N–C) groups is 1. The molecule has 1 aromatic carbocycles. The van der Waals surface area contributed by atoms with Gasteiger partial charge in [-0.3, -0.25) is 4.90 Å². The lowest BCUT2D eigenvalue weighted by Gasteiger charge is -2.37. The fourth-order valence-electron chi connectivity index (χ4n) is 3.86. The van der Waals surface area contributed by atoms with E-state index in [2.05, 4.69) is 22.0 Å². The van der Waals surface area contributed by atoms with Crippen LogP contribution < -0.4 is 5.32 Å². The molecule has 1 aliphatic heterocycles. The van der Waals surface area contributed by atoms with E-state index in [0.717, 1.165) is 45.1 Å². The molecule has 2 atom stereocenters. The number of anilines is 1. The lowest BCUT2D eigenvalue weighted by atomic mass is 9.86. The Morgan fingerprint density at radius 1 is 1.15 bits per heavy atom. The van der Waals surface area contributed by atoms with Gasteiger partial charge >= 0.3 is 0 Å². The van der Waals surface area contributed by atoms with E-state index in [-0.39, 0.29) is 12.4 Å². The van der Waals surface area contributed by atoms with Crippen molar-refractivity contribution in [3.8, 4) is 5.75 Å². The number of nitrogens with zero attached hydrogens (tertiary/aromatic N) is 3. The molecule has 6 heteroatoms. The first-order valence-electron chi connectivity index (χ1n) is 9.88. The zero-order valence-electron chi connectivity index (χ0n) is 15.8. The number of benzene rings is 1. The highest BCUT2D eigenvalue weighted by molar-refractivity contribution is 5.95. The molecule has 26 heavy (non-hydrogen) atoms. The third kappa shape index (κ3) is 4.89. The Balaban J connectivity index is 1.76. The Bertz CT molecular complexity index is 599. The number of piperazine rings is 1. The minimum atomic E-state index is 0.205. The summed E-state index contributed by atoms with van der Waals surface area (Å²) in [6.45, 7) is 6.82. The summed E-state index contributed by atoms with van der Waals surface area (Å²) < 4.78 is 0. The summed E-state index contributed by atoms with van der Waals surface area (Å²) in [6.07, 6.45) is 4.92. The minimum Gasteiger partial charge on any atom is -0.506 e. The number of guanidine groups is 1. The molecule has 0 bridgehead atoms. The number of phenols is 1. The van der Waals surface area contributed by atoms with Crippen LogP contribution in [0.15, 0.2) is 29.3 Å². The van der Waals surface area contributed by atoms with Crippen molar-refractivity contribution in [3.05, 3.63) is 24.3 Å². The van der Waals surface area contributed by atoms with Crippen molar-refractivity contribution in [2.24, 2.45) is 10.9 Å². The number of rotatable bonds is 4. The quantitative estimate of drug-likeness (QED) is 0.437. The second-order valence-corrected chi connectivity index (χ2v) is 7.48.